The topological polar surface area (TPSA) is 50.7 Å². The zero-order valence-electron chi connectivity index (χ0n) is 14.2. The highest BCUT2D eigenvalue weighted by Crippen LogP contribution is 2.26. The highest BCUT2D eigenvalue weighted by molar-refractivity contribution is 7.16. The largest absolute Gasteiger partial charge is 0.367 e. The average molecular weight is 381 g/mol. The van der Waals surface area contributed by atoms with Crippen LogP contribution >= 0.6 is 22.9 Å². The maximum Gasteiger partial charge on any atom is 0.180 e. The third-order valence-corrected chi connectivity index (χ3v) is 5.27. The molecule has 1 atom stereocenters. The highest BCUT2D eigenvalue weighted by Gasteiger charge is 2.13. The van der Waals surface area contributed by atoms with Gasteiger partial charge in [0.05, 0.1) is 9.85 Å². The van der Waals surface area contributed by atoms with Crippen molar-refractivity contribution < 1.29 is 0 Å². The molecule has 0 fully saturated rings. The zero-order chi connectivity index (χ0) is 17.9. The van der Waals surface area contributed by atoms with Crippen LogP contribution in [0, 0.1) is 0 Å². The summed E-state index contributed by atoms with van der Waals surface area (Å²) in [5, 5.41) is 4.54. The van der Waals surface area contributed by atoms with Crippen LogP contribution in [-0.2, 0) is 6.42 Å². The monoisotopic (exact) mass is 380 g/mol. The van der Waals surface area contributed by atoms with Crippen molar-refractivity contribution in [3.8, 4) is 11.5 Å². The van der Waals surface area contributed by atoms with Gasteiger partial charge in [0.15, 0.2) is 5.82 Å². The van der Waals surface area contributed by atoms with Gasteiger partial charge in [-0.15, -0.1) is 11.3 Å². The van der Waals surface area contributed by atoms with Gasteiger partial charge in [-0.3, -0.25) is 4.98 Å². The van der Waals surface area contributed by atoms with E-state index in [1.54, 1.807) is 17.5 Å². The minimum Gasteiger partial charge on any atom is -0.367 e. The minimum atomic E-state index is 0.208. The first-order valence-corrected chi connectivity index (χ1v) is 9.57. The third kappa shape index (κ3) is 3.69. The van der Waals surface area contributed by atoms with Crippen LogP contribution in [0.4, 0.5) is 5.82 Å². The molecule has 4 aromatic rings. The van der Waals surface area contributed by atoms with E-state index in [9.17, 15) is 0 Å². The number of anilines is 1. The van der Waals surface area contributed by atoms with Crippen molar-refractivity contribution >= 4 is 39.7 Å². The van der Waals surface area contributed by atoms with Gasteiger partial charge in [-0.25, -0.2) is 9.97 Å². The summed E-state index contributed by atoms with van der Waals surface area (Å²) < 4.78 is 0.817. The number of aromatic nitrogens is 3. The van der Waals surface area contributed by atoms with Gasteiger partial charge in [-0.1, -0.05) is 29.8 Å². The lowest BCUT2D eigenvalue weighted by Crippen LogP contribution is -2.19. The first-order valence-electron chi connectivity index (χ1n) is 8.38. The van der Waals surface area contributed by atoms with Crippen LogP contribution in [0.5, 0.6) is 0 Å². The van der Waals surface area contributed by atoms with Gasteiger partial charge < -0.3 is 5.32 Å². The molecule has 0 aliphatic heterocycles. The number of nitrogens with zero attached hydrogens (tertiary/aromatic N) is 3. The molecule has 130 valence electrons. The Balaban J connectivity index is 1.68. The summed E-state index contributed by atoms with van der Waals surface area (Å²) in [5.74, 6) is 1.45. The second-order valence-electron chi connectivity index (χ2n) is 6.08. The molecule has 1 aromatic carbocycles. The van der Waals surface area contributed by atoms with E-state index in [2.05, 4.69) is 28.3 Å². The Morgan fingerprint density at radius 1 is 1.04 bits per heavy atom. The van der Waals surface area contributed by atoms with Crippen LogP contribution in [0.2, 0.25) is 4.34 Å². The van der Waals surface area contributed by atoms with Crippen molar-refractivity contribution in [2.45, 2.75) is 19.4 Å². The van der Waals surface area contributed by atoms with E-state index >= 15 is 0 Å². The summed E-state index contributed by atoms with van der Waals surface area (Å²) in [7, 11) is 0. The predicted molar refractivity (Wildman–Crippen MR) is 109 cm³/mol. The lowest BCUT2D eigenvalue weighted by atomic mass is 10.2. The molecule has 0 bridgehead atoms. The smallest absolute Gasteiger partial charge is 0.180 e. The van der Waals surface area contributed by atoms with E-state index in [1.807, 2.05) is 48.5 Å². The number of thiophene rings is 1. The Hall–Kier alpha value is -2.50. The molecule has 0 radical (unpaired) electrons. The molecule has 26 heavy (non-hydrogen) atoms. The van der Waals surface area contributed by atoms with Gasteiger partial charge in [0.25, 0.3) is 0 Å². The van der Waals surface area contributed by atoms with Crippen molar-refractivity contribution in [3.05, 3.63) is 70.0 Å². The molecule has 0 spiro atoms. The SMILES string of the molecule is CC(Cc1ccc(Cl)s1)Nc1nc(-c2ccccn2)nc2ccccc12. The number of para-hydroxylation sites is 1. The van der Waals surface area contributed by atoms with Crippen LogP contribution in [-0.4, -0.2) is 21.0 Å². The summed E-state index contributed by atoms with van der Waals surface area (Å²) in [5.41, 5.74) is 1.66. The van der Waals surface area contributed by atoms with E-state index in [4.69, 9.17) is 16.6 Å². The van der Waals surface area contributed by atoms with Crippen LogP contribution in [0.15, 0.2) is 60.8 Å². The first kappa shape index (κ1) is 16.9. The molecule has 0 saturated carbocycles. The molecule has 3 aromatic heterocycles. The van der Waals surface area contributed by atoms with Crippen LogP contribution in [0.3, 0.4) is 0 Å². The van der Waals surface area contributed by atoms with Crippen molar-refractivity contribution in [3.63, 3.8) is 0 Å². The van der Waals surface area contributed by atoms with Crippen molar-refractivity contribution in [2.24, 2.45) is 0 Å². The predicted octanol–water partition coefficient (Wildman–Crippen LogP) is 5.45. The normalized spacial score (nSPS) is 12.2. The lowest BCUT2D eigenvalue weighted by Gasteiger charge is -2.16. The third-order valence-electron chi connectivity index (χ3n) is 4.02. The number of benzene rings is 1. The number of halogens is 1. The number of pyridine rings is 1. The summed E-state index contributed by atoms with van der Waals surface area (Å²) >= 11 is 7.65. The van der Waals surface area contributed by atoms with E-state index in [-0.39, 0.29) is 6.04 Å². The van der Waals surface area contributed by atoms with Gasteiger partial charge in [-0.2, -0.15) is 0 Å². The first-order chi connectivity index (χ1) is 12.7. The fourth-order valence-electron chi connectivity index (χ4n) is 2.84. The number of hydrogen-bond acceptors (Lipinski definition) is 5. The summed E-state index contributed by atoms with van der Waals surface area (Å²) in [6.45, 7) is 2.14. The summed E-state index contributed by atoms with van der Waals surface area (Å²) in [4.78, 5) is 15.1. The fraction of sp³-hybridized carbons (Fsp3) is 0.150. The second-order valence-corrected chi connectivity index (χ2v) is 7.88. The Morgan fingerprint density at radius 3 is 2.65 bits per heavy atom. The van der Waals surface area contributed by atoms with E-state index in [0.29, 0.717) is 5.82 Å². The lowest BCUT2D eigenvalue weighted by molar-refractivity contribution is 0.796. The molecule has 0 saturated heterocycles. The quantitative estimate of drug-likeness (QED) is 0.500. The molecular weight excluding hydrogens is 364 g/mol. The molecule has 4 rings (SSSR count). The van der Waals surface area contributed by atoms with E-state index < -0.39 is 0 Å². The molecule has 6 heteroatoms. The van der Waals surface area contributed by atoms with Crippen LogP contribution in [0.1, 0.15) is 11.8 Å². The Kier molecular flexibility index (Phi) is 4.82. The standard InChI is InChI=1S/C20H17ClN4S/c1-13(12-14-9-10-18(21)26-14)23-19-15-6-2-3-7-16(15)24-20(25-19)17-8-4-5-11-22-17/h2-11,13H,12H2,1H3,(H,23,24,25). The van der Waals surface area contributed by atoms with Crippen LogP contribution in [0.25, 0.3) is 22.4 Å². The van der Waals surface area contributed by atoms with Gasteiger partial charge >= 0.3 is 0 Å². The van der Waals surface area contributed by atoms with Crippen LogP contribution < -0.4 is 5.32 Å². The molecule has 0 amide bonds. The van der Waals surface area contributed by atoms with Crippen molar-refractivity contribution in [2.75, 3.05) is 5.32 Å². The Bertz CT molecular complexity index is 1030. The van der Waals surface area contributed by atoms with Crippen molar-refractivity contribution in [1.82, 2.24) is 15.0 Å². The molecular formula is C20H17ClN4S. The highest BCUT2D eigenvalue weighted by atomic mass is 35.5. The summed E-state index contributed by atoms with van der Waals surface area (Å²) in [6, 6.07) is 18.0. The number of hydrogen-bond donors (Lipinski definition) is 1. The molecule has 3 heterocycles. The second kappa shape index (κ2) is 7.40. The molecule has 1 unspecified atom stereocenters. The molecule has 0 aliphatic carbocycles. The van der Waals surface area contributed by atoms with Gasteiger partial charge in [0, 0.05) is 28.9 Å². The zero-order valence-corrected chi connectivity index (χ0v) is 15.8. The fourth-order valence-corrected chi connectivity index (χ4v) is 4.06. The van der Waals surface area contributed by atoms with Gasteiger partial charge in [-0.05, 0) is 43.3 Å². The maximum atomic E-state index is 6.04. The van der Waals surface area contributed by atoms with Gasteiger partial charge in [0.1, 0.15) is 11.5 Å². The van der Waals surface area contributed by atoms with Gasteiger partial charge in [0.2, 0.25) is 0 Å². The maximum absolute atomic E-state index is 6.04. The number of nitrogens with one attached hydrogen (secondary N) is 1. The van der Waals surface area contributed by atoms with E-state index in [1.165, 1.54) is 4.88 Å². The number of fused-ring (bicyclic) bond motifs is 1. The Labute approximate surface area is 160 Å². The number of rotatable bonds is 5. The average Bonchev–Trinajstić information content (AvgIpc) is 3.07. The minimum absolute atomic E-state index is 0.208. The van der Waals surface area contributed by atoms with E-state index in [0.717, 1.165) is 33.2 Å². The summed E-state index contributed by atoms with van der Waals surface area (Å²) in [6.07, 6.45) is 2.64. The Morgan fingerprint density at radius 2 is 1.88 bits per heavy atom. The molecule has 4 nitrogen and oxygen atoms in total. The molecule has 0 aliphatic rings. The molecule has 1 N–H and O–H groups in total. The van der Waals surface area contributed by atoms with Crippen molar-refractivity contribution in [1.29, 1.82) is 0 Å².